The summed E-state index contributed by atoms with van der Waals surface area (Å²) in [6, 6.07) is 24.3. The van der Waals surface area contributed by atoms with Crippen molar-refractivity contribution in [2.24, 2.45) is 0 Å². The van der Waals surface area contributed by atoms with Gasteiger partial charge in [-0.15, -0.1) is 0 Å². The fourth-order valence-corrected chi connectivity index (χ4v) is 8.82. The molecule has 3 aromatic carbocycles. The lowest BCUT2D eigenvalue weighted by atomic mass is 10.1. The topological polar surface area (TPSA) is 102 Å². The maximum Gasteiger partial charge on any atom is 0.260 e. The van der Waals surface area contributed by atoms with Crippen LogP contribution in [0.4, 0.5) is 11.6 Å². The number of fused-ring (bicyclic) bond motifs is 1. The number of nitrogens with one attached hydrogen (secondary N) is 1. The number of morpholine rings is 1. The molecule has 0 amide bonds. The number of hydrogen-bond acceptors (Lipinski definition) is 9. The monoisotopic (exact) mass is 714 g/mol. The van der Waals surface area contributed by atoms with Crippen LogP contribution in [0.5, 0.6) is 5.75 Å². The molecule has 0 bridgehead atoms. The average Bonchev–Trinajstić information content (AvgIpc) is 3.13. The van der Waals surface area contributed by atoms with Crippen molar-refractivity contribution in [1.82, 2.24) is 24.3 Å². The molecule has 2 fully saturated rings. The summed E-state index contributed by atoms with van der Waals surface area (Å²) >= 11 is 6.88. The first kappa shape index (κ1) is 34.3. The normalized spacial score (nSPS) is 17.9. The van der Waals surface area contributed by atoms with Crippen molar-refractivity contribution in [2.75, 3.05) is 64.6 Å². The summed E-state index contributed by atoms with van der Waals surface area (Å²) in [6.45, 7) is 6.06. The number of benzene rings is 3. The van der Waals surface area contributed by atoms with E-state index in [-0.39, 0.29) is 11.7 Å². The predicted molar refractivity (Wildman–Crippen MR) is 201 cm³/mol. The van der Waals surface area contributed by atoms with Gasteiger partial charge in [-0.3, -0.25) is 18.5 Å². The van der Waals surface area contributed by atoms with Crippen molar-refractivity contribution >= 4 is 44.2 Å². The van der Waals surface area contributed by atoms with Crippen LogP contribution in [0.3, 0.4) is 0 Å². The molecule has 5 aromatic rings. The first-order chi connectivity index (χ1) is 24.2. The van der Waals surface area contributed by atoms with Crippen LogP contribution in [-0.4, -0.2) is 93.9 Å². The molecular weight excluding hydrogens is 672 g/mol. The van der Waals surface area contributed by atoms with Crippen LogP contribution in [0.1, 0.15) is 12.8 Å². The fourth-order valence-electron chi connectivity index (χ4n) is 6.69. The molecule has 2 aromatic heterocycles. The van der Waals surface area contributed by atoms with Crippen LogP contribution >= 0.6 is 11.6 Å². The predicted octanol–water partition coefficient (Wildman–Crippen LogP) is 5.73. The van der Waals surface area contributed by atoms with Crippen molar-refractivity contribution in [3.63, 3.8) is 0 Å². The highest BCUT2D eigenvalue weighted by molar-refractivity contribution is 8.02. The Labute approximate surface area is 298 Å². The minimum absolute atomic E-state index is 0.186. The summed E-state index contributed by atoms with van der Waals surface area (Å²) in [4.78, 5) is 29.7. The minimum Gasteiger partial charge on any atom is -0.489 e. The Bertz CT molecular complexity index is 2070. The van der Waals surface area contributed by atoms with E-state index in [0.717, 1.165) is 55.4 Å². The van der Waals surface area contributed by atoms with Crippen LogP contribution in [0.25, 0.3) is 22.2 Å². The fraction of sp³-hybridized carbons (Fsp3) is 0.342. The summed E-state index contributed by atoms with van der Waals surface area (Å²) in [5.41, 5.74) is 2.14. The molecule has 12 heteroatoms. The Morgan fingerprint density at radius 2 is 1.74 bits per heavy atom. The van der Waals surface area contributed by atoms with Crippen LogP contribution in [0.2, 0.25) is 5.02 Å². The molecule has 7 rings (SSSR count). The van der Waals surface area contributed by atoms with Crippen molar-refractivity contribution in [3.05, 3.63) is 100 Å². The number of rotatable bonds is 10. The largest absolute Gasteiger partial charge is 0.489 e. The zero-order valence-corrected chi connectivity index (χ0v) is 30.1. The molecule has 0 aliphatic carbocycles. The van der Waals surface area contributed by atoms with Gasteiger partial charge in [0.1, 0.15) is 17.5 Å². The molecule has 0 spiro atoms. The maximum atomic E-state index is 14.3. The lowest BCUT2D eigenvalue weighted by Gasteiger charge is -2.30. The molecule has 2 aliphatic heterocycles. The Morgan fingerprint density at radius 1 is 0.960 bits per heavy atom. The summed E-state index contributed by atoms with van der Waals surface area (Å²) < 4.78 is 27.3. The number of nitrogens with zero attached hydrogens (tertiary/aromatic N) is 5. The number of thiol groups is 1. The second kappa shape index (κ2) is 15.0. The zero-order chi connectivity index (χ0) is 34.7. The first-order valence-corrected chi connectivity index (χ1v) is 19.6. The van der Waals surface area contributed by atoms with Gasteiger partial charge in [-0.25, -0.2) is 4.98 Å². The van der Waals surface area contributed by atoms with Crippen LogP contribution < -0.4 is 15.6 Å². The smallest absolute Gasteiger partial charge is 0.260 e. The van der Waals surface area contributed by atoms with E-state index in [2.05, 4.69) is 27.1 Å². The van der Waals surface area contributed by atoms with E-state index < -0.39 is 9.93 Å². The number of pyridine rings is 1. The van der Waals surface area contributed by atoms with E-state index in [4.69, 9.17) is 26.1 Å². The van der Waals surface area contributed by atoms with Crippen molar-refractivity contribution in [3.8, 4) is 16.9 Å². The molecule has 10 nitrogen and oxygen atoms in total. The highest BCUT2D eigenvalue weighted by Crippen LogP contribution is 2.34. The van der Waals surface area contributed by atoms with Crippen LogP contribution in [0.15, 0.2) is 99.6 Å². The second-order valence-corrected chi connectivity index (χ2v) is 16.4. The molecular formula is C38H43ClN6O4S. The van der Waals surface area contributed by atoms with Gasteiger partial charge >= 0.3 is 0 Å². The SMILES string of the molecule is CN1CCCC(Oc2ccc(Nc3ncc4cc(-c5ccc([SH](C)(=O)c6ccccc6)cc5Cl)c(=O)n(CCN5CCOCC5)c4n3)cc2)C1. The minimum atomic E-state index is -2.89. The van der Waals surface area contributed by atoms with Gasteiger partial charge in [0.15, 0.2) is 0 Å². The van der Waals surface area contributed by atoms with E-state index >= 15 is 0 Å². The van der Waals surface area contributed by atoms with Gasteiger partial charge in [-0.1, -0.05) is 45.8 Å². The Balaban J connectivity index is 1.19. The third-order valence-corrected chi connectivity index (χ3v) is 12.4. The molecule has 0 radical (unpaired) electrons. The van der Waals surface area contributed by atoms with Crippen LogP contribution in [-0.2, 0) is 21.2 Å². The third kappa shape index (κ3) is 7.62. The molecule has 50 heavy (non-hydrogen) atoms. The maximum absolute atomic E-state index is 14.3. The highest BCUT2D eigenvalue weighted by Gasteiger charge is 2.21. The average molecular weight is 715 g/mol. The van der Waals surface area contributed by atoms with Gasteiger partial charge in [0, 0.05) is 75.9 Å². The summed E-state index contributed by atoms with van der Waals surface area (Å²) in [6.07, 6.45) is 5.84. The number of halogens is 1. The third-order valence-electron chi connectivity index (χ3n) is 9.55. The van der Waals surface area contributed by atoms with Gasteiger partial charge in [-0.2, -0.15) is 4.98 Å². The highest BCUT2D eigenvalue weighted by atomic mass is 35.5. The lowest BCUT2D eigenvalue weighted by molar-refractivity contribution is 0.0364. The van der Waals surface area contributed by atoms with Gasteiger partial charge in [0.05, 0.1) is 13.2 Å². The quantitative estimate of drug-likeness (QED) is 0.176. The Hall–Kier alpha value is -4.13. The molecule has 4 heterocycles. The molecule has 2 aliphatic rings. The number of ether oxygens (including phenoxy) is 2. The van der Waals surface area contributed by atoms with Gasteiger partial charge in [0.2, 0.25) is 5.95 Å². The number of likely N-dealkylation sites (N-methyl/N-ethyl adjacent to an activating group) is 1. The number of aromatic nitrogens is 3. The van der Waals surface area contributed by atoms with Crippen molar-refractivity contribution in [2.45, 2.75) is 35.3 Å². The summed E-state index contributed by atoms with van der Waals surface area (Å²) in [5, 5.41) is 4.37. The Kier molecular flexibility index (Phi) is 10.3. The van der Waals surface area contributed by atoms with E-state index in [9.17, 15) is 9.00 Å². The van der Waals surface area contributed by atoms with E-state index in [0.29, 0.717) is 64.3 Å². The van der Waals surface area contributed by atoms with E-state index in [1.807, 2.05) is 60.7 Å². The van der Waals surface area contributed by atoms with Gasteiger partial charge in [0.25, 0.3) is 5.56 Å². The summed E-state index contributed by atoms with van der Waals surface area (Å²) in [7, 11) is -0.766. The van der Waals surface area contributed by atoms with E-state index in [1.165, 1.54) is 0 Å². The van der Waals surface area contributed by atoms with Gasteiger partial charge in [-0.05, 0) is 87.3 Å². The Morgan fingerprint density at radius 3 is 2.48 bits per heavy atom. The number of hydrogen-bond donors (Lipinski definition) is 2. The molecule has 1 atom stereocenters. The molecule has 2 saturated heterocycles. The molecule has 262 valence electrons. The zero-order valence-electron chi connectivity index (χ0n) is 28.4. The first-order valence-electron chi connectivity index (χ1n) is 17.1. The second-order valence-electron chi connectivity index (χ2n) is 13.2. The molecule has 0 saturated carbocycles. The van der Waals surface area contributed by atoms with Crippen molar-refractivity contribution < 1.29 is 13.7 Å². The summed E-state index contributed by atoms with van der Waals surface area (Å²) in [5.74, 6) is 1.21. The van der Waals surface area contributed by atoms with E-state index in [1.54, 1.807) is 35.2 Å². The van der Waals surface area contributed by atoms with Crippen molar-refractivity contribution in [1.29, 1.82) is 0 Å². The number of anilines is 2. The number of likely N-dealkylation sites (tertiary alicyclic amines) is 1. The lowest BCUT2D eigenvalue weighted by Crippen LogP contribution is -2.39. The molecule has 1 unspecified atom stereocenters. The molecule has 1 N–H and O–H groups in total. The number of piperidine rings is 1. The standard InChI is InChI=1S/C38H43ClN6O4S/c1-43-16-6-7-30(26-43)49-29-12-10-28(11-13-29)41-38-40-25-27-23-34(37(46)45(36(27)42-38)18-17-44-19-21-48-22-20-44)33-15-14-32(24-35(33)39)50(2,47)31-8-4-3-5-9-31/h3-5,8-15,23-25,30,50H,6-7,16-22,26H2,1-2H3,(H,40,41,42). The van der Waals surface area contributed by atoms with Crippen LogP contribution in [0, 0.1) is 0 Å². The van der Waals surface area contributed by atoms with Gasteiger partial charge < -0.3 is 19.7 Å².